The van der Waals surface area contributed by atoms with Crippen LogP contribution in [0.15, 0.2) is 127 Å². The standard InChI is InChI=1S/C53H58N2O6/c1-35(39-14-10-8-11-15-39)54-26-24-41-31-49(57-4)51(59-6)33-44(41)46(54)28-37-18-21-43(22-19-37)61-53-30-38(20-23-48(53)56-3)29-47-45-34-52(60-7)50(58-5)32-42(45)25-27-55(47)36(2)40-16-12-9-13-17-40/h8-23,30-36,46-47H,24-29H2,1-7H3/t35-,36-,46-,47-/m0/s1. The fourth-order valence-electron chi connectivity index (χ4n) is 9.52. The van der Waals surface area contributed by atoms with Crippen molar-refractivity contribution < 1.29 is 28.4 Å². The van der Waals surface area contributed by atoms with E-state index in [9.17, 15) is 0 Å². The summed E-state index contributed by atoms with van der Waals surface area (Å²) in [4.78, 5) is 5.25. The van der Waals surface area contributed by atoms with E-state index in [1.807, 2.05) is 6.07 Å². The van der Waals surface area contributed by atoms with Gasteiger partial charge in [0.1, 0.15) is 5.75 Å². The molecule has 0 spiro atoms. The average molecular weight is 819 g/mol. The molecule has 0 amide bonds. The molecule has 0 saturated carbocycles. The maximum atomic E-state index is 6.67. The Bertz CT molecular complexity index is 2400. The van der Waals surface area contributed by atoms with Crippen LogP contribution in [-0.4, -0.2) is 58.4 Å². The summed E-state index contributed by atoms with van der Waals surface area (Å²) in [6.07, 6.45) is 3.47. The molecule has 0 fully saturated rings. The van der Waals surface area contributed by atoms with Crippen LogP contribution in [0.2, 0.25) is 0 Å². The van der Waals surface area contributed by atoms with E-state index in [0.29, 0.717) is 11.5 Å². The third kappa shape index (κ3) is 8.79. The number of rotatable bonds is 15. The molecular weight excluding hydrogens is 761 g/mol. The third-order valence-electron chi connectivity index (χ3n) is 12.9. The van der Waals surface area contributed by atoms with Gasteiger partial charge in [0.05, 0.1) is 35.5 Å². The highest BCUT2D eigenvalue weighted by Crippen LogP contribution is 2.45. The van der Waals surface area contributed by atoms with E-state index in [4.69, 9.17) is 28.4 Å². The van der Waals surface area contributed by atoms with Gasteiger partial charge in [-0.1, -0.05) is 78.9 Å². The molecule has 6 aromatic rings. The van der Waals surface area contributed by atoms with Crippen LogP contribution in [0.25, 0.3) is 0 Å². The summed E-state index contributed by atoms with van der Waals surface area (Å²) in [5.74, 6) is 5.16. The summed E-state index contributed by atoms with van der Waals surface area (Å²) in [6.45, 7) is 6.49. The minimum absolute atomic E-state index is 0.0921. The Morgan fingerprint density at radius 1 is 0.459 bits per heavy atom. The SMILES string of the molecule is COc1cc2c(cc1OC)[C@H](Cc1ccc(Oc3cc(C[C@H]4c5cc(OC)c(OC)cc5CCN4[C@@H](C)c4ccccc4)ccc3OC)cc1)N([C@@H](C)c1ccccc1)CC2. The van der Waals surface area contributed by atoms with Crippen molar-refractivity contribution in [2.45, 2.75) is 63.7 Å². The zero-order valence-corrected chi connectivity index (χ0v) is 36.5. The van der Waals surface area contributed by atoms with Gasteiger partial charge in [-0.3, -0.25) is 9.80 Å². The Hall–Kier alpha value is -5.96. The molecule has 0 bridgehead atoms. The molecule has 0 aliphatic carbocycles. The number of nitrogens with zero attached hydrogens (tertiary/aromatic N) is 2. The fraction of sp³-hybridized carbons (Fsp3) is 0.321. The highest BCUT2D eigenvalue weighted by atomic mass is 16.5. The van der Waals surface area contributed by atoms with E-state index < -0.39 is 0 Å². The lowest BCUT2D eigenvalue weighted by molar-refractivity contribution is 0.131. The topological polar surface area (TPSA) is 61.9 Å². The highest BCUT2D eigenvalue weighted by Gasteiger charge is 2.34. The van der Waals surface area contributed by atoms with Gasteiger partial charge >= 0.3 is 0 Å². The summed E-state index contributed by atoms with van der Waals surface area (Å²) < 4.78 is 35.6. The summed E-state index contributed by atoms with van der Waals surface area (Å²) in [5, 5.41) is 0. The molecule has 2 aliphatic heterocycles. The van der Waals surface area contributed by atoms with E-state index in [1.165, 1.54) is 38.9 Å². The van der Waals surface area contributed by atoms with Crippen LogP contribution in [0.1, 0.15) is 82.5 Å². The zero-order chi connectivity index (χ0) is 42.5. The number of ether oxygens (including phenoxy) is 6. The lowest BCUT2D eigenvalue weighted by Gasteiger charge is -2.42. The quantitative estimate of drug-likeness (QED) is 0.102. The van der Waals surface area contributed by atoms with Crippen molar-refractivity contribution in [3.8, 4) is 40.2 Å². The smallest absolute Gasteiger partial charge is 0.169 e. The van der Waals surface area contributed by atoms with Crippen LogP contribution in [0, 0.1) is 0 Å². The first kappa shape index (κ1) is 41.8. The first-order valence-electron chi connectivity index (χ1n) is 21.4. The Labute approximate surface area is 361 Å². The van der Waals surface area contributed by atoms with E-state index in [1.54, 1.807) is 35.5 Å². The van der Waals surface area contributed by atoms with E-state index in [2.05, 4.69) is 145 Å². The van der Waals surface area contributed by atoms with Crippen LogP contribution in [0.4, 0.5) is 0 Å². The molecule has 2 aliphatic rings. The molecule has 6 aromatic carbocycles. The van der Waals surface area contributed by atoms with Crippen molar-refractivity contribution >= 4 is 0 Å². The maximum absolute atomic E-state index is 6.67. The first-order valence-corrected chi connectivity index (χ1v) is 21.4. The van der Waals surface area contributed by atoms with Crippen molar-refractivity contribution in [3.05, 3.63) is 172 Å². The number of methoxy groups -OCH3 is 5. The summed E-state index contributed by atoms with van der Waals surface area (Å²) in [6, 6.07) is 45.7. The van der Waals surface area contributed by atoms with Gasteiger partial charge in [-0.05, 0) is 133 Å². The van der Waals surface area contributed by atoms with Gasteiger partial charge in [0.2, 0.25) is 0 Å². The van der Waals surface area contributed by atoms with Gasteiger partial charge in [0, 0.05) is 37.3 Å². The second-order valence-corrected chi connectivity index (χ2v) is 16.1. The van der Waals surface area contributed by atoms with Crippen LogP contribution < -0.4 is 28.4 Å². The number of hydrogen-bond acceptors (Lipinski definition) is 8. The lowest BCUT2D eigenvalue weighted by atomic mass is 9.86. The van der Waals surface area contributed by atoms with Gasteiger partial charge < -0.3 is 28.4 Å². The fourth-order valence-corrected chi connectivity index (χ4v) is 9.52. The predicted molar refractivity (Wildman–Crippen MR) is 242 cm³/mol. The molecule has 0 unspecified atom stereocenters. The predicted octanol–water partition coefficient (Wildman–Crippen LogP) is 11.3. The molecule has 316 valence electrons. The first-order chi connectivity index (χ1) is 29.8. The molecule has 8 nitrogen and oxygen atoms in total. The molecule has 0 N–H and O–H groups in total. The van der Waals surface area contributed by atoms with Crippen molar-refractivity contribution in [3.63, 3.8) is 0 Å². The van der Waals surface area contributed by atoms with Gasteiger partial charge in [-0.25, -0.2) is 0 Å². The molecule has 4 atom stereocenters. The van der Waals surface area contributed by atoms with Crippen LogP contribution in [0.5, 0.6) is 40.2 Å². The molecule has 8 rings (SSSR count). The normalized spacial score (nSPS) is 17.4. The Kier molecular flexibility index (Phi) is 12.8. The Morgan fingerprint density at radius 2 is 0.885 bits per heavy atom. The van der Waals surface area contributed by atoms with Gasteiger partial charge in [0.25, 0.3) is 0 Å². The second-order valence-electron chi connectivity index (χ2n) is 16.1. The summed E-state index contributed by atoms with van der Waals surface area (Å²) >= 11 is 0. The van der Waals surface area contributed by atoms with Crippen LogP contribution in [0.3, 0.4) is 0 Å². The molecule has 0 aromatic heterocycles. The minimum Gasteiger partial charge on any atom is -0.493 e. The summed E-state index contributed by atoms with van der Waals surface area (Å²) in [5.41, 5.74) is 10.1. The third-order valence-corrected chi connectivity index (χ3v) is 12.9. The van der Waals surface area contributed by atoms with E-state index >= 15 is 0 Å². The number of hydrogen-bond donors (Lipinski definition) is 0. The minimum atomic E-state index is 0.0921. The Balaban J connectivity index is 1.07. The van der Waals surface area contributed by atoms with Gasteiger partial charge in [-0.2, -0.15) is 0 Å². The van der Waals surface area contributed by atoms with Crippen molar-refractivity contribution in [1.82, 2.24) is 9.80 Å². The van der Waals surface area contributed by atoms with Crippen molar-refractivity contribution in [2.75, 3.05) is 48.6 Å². The van der Waals surface area contributed by atoms with Gasteiger partial charge in [0.15, 0.2) is 34.5 Å². The second kappa shape index (κ2) is 18.8. The highest BCUT2D eigenvalue weighted by molar-refractivity contribution is 5.52. The summed E-state index contributed by atoms with van der Waals surface area (Å²) in [7, 11) is 8.52. The molecule has 61 heavy (non-hydrogen) atoms. The van der Waals surface area contributed by atoms with Crippen molar-refractivity contribution in [1.29, 1.82) is 0 Å². The van der Waals surface area contributed by atoms with Crippen LogP contribution >= 0.6 is 0 Å². The van der Waals surface area contributed by atoms with Crippen molar-refractivity contribution in [2.24, 2.45) is 0 Å². The van der Waals surface area contributed by atoms with Crippen LogP contribution in [-0.2, 0) is 25.7 Å². The largest absolute Gasteiger partial charge is 0.493 e. The van der Waals surface area contributed by atoms with E-state index in [0.717, 1.165) is 73.1 Å². The number of fused-ring (bicyclic) bond motifs is 2. The number of benzene rings is 6. The molecule has 0 radical (unpaired) electrons. The molecule has 0 saturated heterocycles. The molecule has 8 heteroatoms. The molecule has 2 heterocycles. The van der Waals surface area contributed by atoms with E-state index in [-0.39, 0.29) is 24.2 Å². The maximum Gasteiger partial charge on any atom is 0.169 e. The molecular formula is C53H58N2O6. The average Bonchev–Trinajstić information content (AvgIpc) is 3.31. The Morgan fingerprint density at radius 3 is 1.34 bits per heavy atom. The van der Waals surface area contributed by atoms with Gasteiger partial charge in [-0.15, -0.1) is 0 Å². The monoisotopic (exact) mass is 818 g/mol. The lowest BCUT2D eigenvalue weighted by Crippen LogP contribution is -2.38. The zero-order valence-electron chi connectivity index (χ0n) is 36.5.